The number of hydrogen-bond acceptors (Lipinski definition) is 2. The number of aromatic amines is 1. The third-order valence-electron chi connectivity index (χ3n) is 5.60. The van der Waals surface area contributed by atoms with E-state index in [1.165, 1.54) is 18.2 Å². The van der Waals surface area contributed by atoms with Crippen molar-refractivity contribution in [1.82, 2.24) is 15.1 Å². The molecule has 1 aliphatic heterocycles. The molecule has 4 rings (SSSR count). The molecular weight excluding hydrogens is 372 g/mol. The van der Waals surface area contributed by atoms with Crippen molar-refractivity contribution >= 4 is 5.91 Å². The second kappa shape index (κ2) is 8.15. The highest BCUT2D eigenvalue weighted by Gasteiger charge is 2.25. The lowest BCUT2D eigenvalue weighted by atomic mass is 9.90. The molecule has 150 valence electrons. The zero-order valence-electron chi connectivity index (χ0n) is 16.3. The van der Waals surface area contributed by atoms with Crippen molar-refractivity contribution in [3.63, 3.8) is 0 Å². The predicted molar refractivity (Wildman–Crippen MR) is 107 cm³/mol. The second-order valence-corrected chi connectivity index (χ2v) is 7.70. The summed E-state index contributed by atoms with van der Waals surface area (Å²) < 4.78 is 26.5. The summed E-state index contributed by atoms with van der Waals surface area (Å²) in [4.78, 5) is 14.7. The SMILES string of the molecule is Cc1cc(-c2cc(C(=O)N3CCC(Cc4ccc(F)cc4)CC3)[nH]n2)ccc1F. The smallest absolute Gasteiger partial charge is 0.271 e. The highest BCUT2D eigenvalue weighted by molar-refractivity contribution is 5.93. The summed E-state index contributed by atoms with van der Waals surface area (Å²) in [5, 5.41) is 7.05. The Morgan fingerprint density at radius 1 is 1.10 bits per heavy atom. The molecule has 3 aromatic rings. The van der Waals surface area contributed by atoms with Gasteiger partial charge in [-0.3, -0.25) is 9.89 Å². The van der Waals surface area contributed by atoms with Gasteiger partial charge in [0.2, 0.25) is 0 Å². The van der Waals surface area contributed by atoms with E-state index in [9.17, 15) is 13.6 Å². The molecule has 29 heavy (non-hydrogen) atoms. The Kier molecular flexibility index (Phi) is 5.43. The fourth-order valence-corrected chi connectivity index (χ4v) is 3.85. The number of rotatable bonds is 4. The number of H-pyrrole nitrogens is 1. The van der Waals surface area contributed by atoms with Crippen LogP contribution in [0.1, 0.15) is 34.5 Å². The maximum atomic E-state index is 13.5. The molecule has 0 saturated carbocycles. The van der Waals surface area contributed by atoms with E-state index in [0.717, 1.165) is 30.4 Å². The van der Waals surface area contributed by atoms with Crippen LogP contribution in [0.2, 0.25) is 0 Å². The van der Waals surface area contributed by atoms with E-state index in [1.807, 2.05) is 17.0 Å². The van der Waals surface area contributed by atoms with E-state index in [-0.39, 0.29) is 17.5 Å². The lowest BCUT2D eigenvalue weighted by Gasteiger charge is -2.31. The van der Waals surface area contributed by atoms with Crippen molar-refractivity contribution in [2.24, 2.45) is 5.92 Å². The number of piperidine rings is 1. The number of aromatic nitrogens is 2. The number of carbonyl (C=O) groups excluding carboxylic acids is 1. The highest BCUT2D eigenvalue weighted by Crippen LogP contribution is 2.24. The fraction of sp³-hybridized carbons (Fsp3) is 0.304. The summed E-state index contributed by atoms with van der Waals surface area (Å²) in [6.45, 7) is 3.08. The third-order valence-corrected chi connectivity index (χ3v) is 5.60. The van der Waals surface area contributed by atoms with Crippen LogP contribution in [0.3, 0.4) is 0 Å². The molecule has 1 aliphatic rings. The first-order chi connectivity index (χ1) is 14.0. The maximum Gasteiger partial charge on any atom is 0.271 e. The summed E-state index contributed by atoms with van der Waals surface area (Å²) in [6, 6.07) is 13.2. The number of aryl methyl sites for hydroxylation is 1. The van der Waals surface area contributed by atoms with E-state index in [2.05, 4.69) is 10.2 Å². The molecule has 0 radical (unpaired) electrons. The Labute approximate surface area is 168 Å². The molecule has 0 bridgehead atoms. The normalized spacial score (nSPS) is 14.9. The van der Waals surface area contributed by atoms with E-state index in [1.54, 1.807) is 25.1 Å². The van der Waals surface area contributed by atoms with Gasteiger partial charge in [-0.1, -0.05) is 12.1 Å². The van der Waals surface area contributed by atoms with Crippen molar-refractivity contribution in [3.05, 3.63) is 77.0 Å². The van der Waals surface area contributed by atoms with Crippen molar-refractivity contribution in [2.75, 3.05) is 13.1 Å². The minimum absolute atomic E-state index is 0.0668. The standard InChI is InChI=1S/C23H23F2N3O/c1-15-12-18(4-7-20(15)25)21-14-22(27-26-21)23(29)28-10-8-17(9-11-28)13-16-2-5-19(24)6-3-16/h2-7,12,14,17H,8-11,13H2,1H3,(H,26,27). The Morgan fingerprint density at radius 3 is 2.52 bits per heavy atom. The summed E-state index contributed by atoms with van der Waals surface area (Å²) in [6.07, 6.45) is 2.74. The minimum atomic E-state index is -0.260. The molecule has 0 spiro atoms. The van der Waals surface area contributed by atoms with Crippen LogP contribution in [0.4, 0.5) is 8.78 Å². The Bertz CT molecular complexity index is 1010. The van der Waals surface area contributed by atoms with Crippen LogP contribution < -0.4 is 0 Å². The fourth-order valence-electron chi connectivity index (χ4n) is 3.85. The summed E-state index contributed by atoms with van der Waals surface area (Å²) in [7, 11) is 0. The summed E-state index contributed by atoms with van der Waals surface area (Å²) in [5.41, 5.74) is 3.52. The Morgan fingerprint density at radius 2 is 1.83 bits per heavy atom. The summed E-state index contributed by atoms with van der Waals surface area (Å²) in [5.74, 6) is -0.0557. The molecule has 1 N–H and O–H groups in total. The van der Waals surface area contributed by atoms with Gasteiger partial charge in [-0.2, -0.15) is 5.10 Å². The topological polar surface area (TPSA) is 49.0 Å². The number of hydrogen-bond donors (Lipinski definition) is 1. The van der Waals surface area contributed by atoms with E-state index in [0.29, 0.717) is 36.0 Å². The number of benzene rings is 2. The van der Waals surface area contributed by atoms with Crippen molar-refractivity contribution in [3.8, 4) is 11.3 Å². The lowest BCUT2D eigenvalue weighted by Crippen LogP contribution is -2.39. The number of halogens is 2. The number of nitrogens with zero attached hydrogens (tertiary/aromatic N) is 2. The summed E-state index contributed by atoms with van der Waals surface area (Å²) >= 11 is 0. The third kappa shape index (κ3) is 4.36. The van der Waals surface area contributed by atoms with Gasteiger partial charge in [0.25, 0.3) is 5.91 Å². The van der Waals surface area contributed by atoms with E-state index < -0.39 is 0 Å². The van der Waals surface area contributed by atoms with Gasteiger partial charge in [-0.05, 0) is 79.6 Å². The van der Waals surface area contributed by atoms with Gasteiger partial charge in [0.15, 0.2) is 0 Å². The van der Waals surface area contributed by atoms with E-state index >= 15 is 0 Å². The van der Waals surface area contributed by atoms with Gasteiger partial charge < -0.3 is 4.90 Å². The Balaban J connectivity index is 1.36. The van der Waals surface area contributed by atoms with Gasteiger partial charge in [-0.15, -0.1) is 0 Å². The van der Waals surface area contributed by atoms with Gasteiger partial charge in [0.1, 0.15) is 17.3 Å². The molecule has 1 fully saturated rings. The number of amides is 1. The van der Waals surface area contributed by atoms with E-state index in [4.69, 9.17) is 0 Å². The molecule has 2 heterocycles. The van der Waals surface area contributed by atoms with Gasteiger partial charge in [0.05, 0.1) is 5.69 Å². The first-order valence-corrected chi connectivity index (χ1v) is 9.85. The molecule has 1 aromatic heterocycles. The minimum Gasteiger partial charge on any atom is -0.337 e. The van der Waals surface area contributed by atoms with Crippen LogP contribution in [-0.2, 0) is 6.42 Å². The number of carbonyl (C=O) groups is 1. The van der Waals surface area contributed by atoms with Crippen molar-refractivity contribution < 1.29 is 13.6 Å². The molecule has 1 saturated heterocycles. The Hall–Kier alpha value is -3.02. The molecule has 6 heteroatoms. The monoisotopic (exact) mass is 395 g/mol. The maximum absolute atomic E-state index is 13.5. The van der Waals surface area contributed by atoms with Crippen LogP contribution in [-0.4, -0.2) is 34.1 Å². The molecular formula is C23H23F2N3O. The van der Waals surface area contributed by atoms with Crippen molar-refractivity contribution in [1.29, 1.82) is 0 Å². The first-order valence-electron chi connectivity index (χ1n) is 9.85. The molecule has 0 atom stereocenters. The molecule has 0 aliphatic carbocycles. The second-order valence-electron chi connectivity index (χ2n) is 7.70. The number of nitrogens with one attached hydrogen (secondary N) is 1. The van der Waals surface area contributed by atoms with Gasteiger partial charge in [0, 0.05) is 18.7 Å². The van der Waals surface area contributed by atoms with Gasteiger partial charge >= 0.3 is 0 Å². The lowest BCUT2D eigenvalue weighted by molar-refractivity contribution is 0.0684. The molecule has 2 aromatic carbocycles. The molecule has 0 unspecified atom stereocenters. The average molecular weight is 395 g/mol. The van der Waals surface area contributed by atoms with Crippen LogP contribution in [0, 0.1) is 24.5 Å². The zero-order chi connectivity index (χ0) is 20.4. The van der Waals surface area contributed by atoms with Gasteiger partial charge in [-0.25, -0.2) is 8.78 Å². The molecule has 1 amide bonds. The van der Waals surface area contributed by atoms with Crippen LogP contribution in [0.5, 0.6) is 0 Å². The highest BCUT2D eigenvalue weighted by atomic mass is 19.1. The van der Waals surface area contributed by atoms with Crippen molar-refractivity contribution in [2.45, 2.75) is 26.2 Å². The zero-order valence-corrected chi connectivity index (χ0v) is 16.3. The van der Waals surface area contributed by atoms with Crippen LogP contribution in [0.15, 0.2) is 48.5 Å². The predicted octanol–water partition coefficient (Wildman–Crippen LogP) is 4.76. The molecule has 4 nitrogen and oxygen atoms in total. The van der Waals surface area contributed by atoms with Crippen LogP contribution >= 0.6 is 0 Å². The number of likely N-dealkylation sites (tertiary alicyclic amines) is 1. The first kappa shape index (κ1) is 19.3. The largest absolute Gasteiger partial charge is 0.337 e. The van der Waals surface area contributed by atoms with Crippen LogP contribution in [0.25, 0.3) is 11.3 Å². The quantitative estimate of drug-likeness (QED) is 0.693. The average Bonchev–Trinajstić information content (AvgIpc) is 3.22.